The van der Waals surface area contributed by atoms with E-state index in [2.05, 4.69) is 9.47 Å². The summed E-state index contributed by atoms with van der Waals surface area (Å²) < 4.78 is 8.88. The van der Waals surface area contributed by atoms with Crippen LogP contribution in [0.15, 0.2) is 0 Å². The normalized spacial score (nSPS) is 9.00. The van der Waals surface area contributed by atoms with E-state index >= 15 is 0 Å². The summed E-state index contributed by atoms with van der Waals surface area (Å²) in [6.07, 6.45) is -0.721. The molecule has 0 fully saturated rings. The van der Waals surface area contributed by atoms with Crippen molar-refractivity contribution in [2.24, 2.45) is 0 Å². The molecule has 0 N–H and O–H groups in total. The number of hydrogen-bond donors (Lipinski definition) is 0. The van der Waals surface area contributed by atoms with E-state index in [1.807, 2.05) is 0 Å². The van der Waals surface area contributed by atoms with Gasteiger partial charge in [-0.1, -0.05) is 0 Å². The molecule has 0 radical (unpaired) electrons. The van der Waals surface area contributed by atoms with Gasteiger partial charge in [0.1, 0.15) is 13.2 Å². The fraction of sp³-hybridized carbons (Fsp3) is 0.800. The first-order valence-electron chi connectivity index (χ1n) is 2.72. The number of alkyl halides is 2. The lowest BCUT2D eigenvalue weighted by atomic mass is 10.8. The van der Waals surface area contributed by atoms with E-state index < -0.39 is 6.16 Å². The van der Waals surface area contributed by atoms with Crippen LogP contribution in [0.1, 0.15) is 0 Å². The summed E-state index contributed by atoms with van der Waals surface area (Å²) >= 11 is 10.4. The Labute approximate surface area is 69.2 Å². The third-order valence-electron chi connectivity index (χ3n) is 0.594. The quantitative estimate of drug-likeness (QED) is 0.495. The highest BCUT2D eigenvalue weighted by Gasteiger charge is 2.00. The van der Waals surface area contributed by atoms with Crippen molar-refractivity contribution in [3.63, 3.8) is 0 Å². The molecule has 60 valence electrons. The van der Waals surface area contributed by atoms with Crippen molar-refractivity contribution in [1.82, 2.24) is 0 Å². The maximum atomic E-state index is 10.4. The minimum Gasteiger partial charge on any atom is -0.433 e. The summed E-state index contributed by atoms with van der Waals surface area (Å²) in [6, 6.07) is 0. The molecule has 0 amide bonds. The van der Waals surface area contributed by atoms with Gasteiger partial charge in [0.15, 0.2) is 0 Å². The SMILES string of the molecule is O=C(OCCCl)OCCCl. The van der Waals surface area contributed by atoms with E-state index in [1.165, 1.54) is 0 Å². The van der Waals surface area contributed by atoms with E-state index in [1.54, 1.807) is 0 Å². The Balaban J connectivity index is 3.09. The van der Waals surface area contributed by atoms with E-state index in [4.69, 9.17) is 23.2 Å². The van der Waals surface area contributed by atoms with Crippen molar-refractivity contribution in [1.29, 1.82) is 0 Å². The monoisotopic (exact) mass is 186 g/mol. The van der Waals surface area contributed by atoms with Crippen molar-refractivity contribution in [2.75, 3.05) is 25.0 Å². The van der Waals surface area contributed by atoms with Crippen molar-refractivity contribution in [3.8, 4) is 0 Å². The second-order valence-electron chi connectivity index (χ2n) is 1.32. The lowest BCUT2D eigenvalue weighted by Crippen LogP contribution is -2.10. The average Bonchev–Trinajstić information content (AvgIpc) is 1.97. The Morgan fingerprint density at radius 1 is 1.10 bits per heavy atom. The zero-order valence-corrected chi connectivity index (χ0v) is 6.82. The molecule has 0 aliphatic heterocycles. The summed E-state index contributed by atoms with van der Waals surface area (Å²) in [5, 5.41) is 0. The van der Waals surface area contributed by atoms with Crippen molar-refractivity contribution < 1.29 is 14.3 Å². The molecule has 0 spiro atoms. The fourth-order valence-corrected chi connectivity index (χ4v) is 0.440. The number of halogens is 2. The predicted octanol–water partition coefficient (Wildman–Crippen LogP) is 1.62. The third kappa shape index (κ3) is 5.98. The molecule has 0 aliphatic carbocycles. The number of carbonyl (C=O) groups excluding carboxylic acids is 1. The number of carbonyl (C=O) groups is 1. The zero-order chi connectivity index (χ0) is 7.82. The first kappa shape index (κ1) is 9.85. The maximum Gasteiger partial charge on any atom is 0.508 e. The van der Waals surface area contributed by atoms with E-state index in [9.17, 15) is 4.79 Å². The van der Waals surface area contributed by atoms with Gasteiger partial charge in [0.25, 0.3) is 0 Å². The third-order valence-corrected chi connectivity index (χ3v) is 0.903. The van der Waals surface area contributed by atoms with Crippen molar-refractivity contribution in [3.05, 3.63) is 0 Å². The van der Waals surface area contributed by atoms with Crippen LogP contribution >= 0.6 is 23.2 Å². The molecule has 0 atom stereocenters. The van der Waals surface area contributed by atoms with Gasteiger partial charge in [-0.05, 0) is 0 Å². The number of rotatable bonds is 4. The lowest BCUT2D eigenvalue weighted by Gasteiger charge is -2.01. The maximum absolute atomic E-state index is 10.4. The highest BCUT2D eigenvalue weighted by molar-refractivity contribution is 6.18. The molecule has 3 nitrogen and oxygen atoms in total. The van der Waals surface area contributed by atoms with Crippen LogP contribution < -0.4 is 0 Å². The van der Waals surface area contributed by atoms with Gasteiger partial charge in [0, 0.05) is 0 Å². The second kappa shape index (κ2) is 6.96. The number of ether oxygens (including phenoxy) is 2. The van der Waals surface area contributed by atoms with Gasteiger partial charge in [-0.15, -0.1) is 23.2 Å². The first-order chi connectivity index (χ1) is 4.81. The lowest BCUT2D eigenvalue weighted by molar-refractivity contribution is 0.0641. The predicted molar refractivity (Wildman–Crippen MR) is 38.7 cm³/mol. The standard InChI is InChI=1S/C5H8Cl2O3/c6-1-3-9-5(8)10-4-2-7/h1-4H2. The summed E-state index contributed by atoms with van der Waals surface area (Å²) in [4.78, 5) is 10.4. The summed E-state index contributed by atoms with van der Waals surface area (Å²) in [6.45, 7) is 0.339. The largest absolute Gasteiger partial charge is 0.508 e. The minimum atomic E-state index is -0.721. The van der Waals surface area contributed by atoms with Crippen LogP contribution in [-0.2, 0) is 9.47 Å². The molecule has 0 aromatic carbocycles. The molecule has 10 heavy (non-hydrogen) atoms. The number of hydrogen-bond acceptors (Lipinski definition) is 3. The summed E-state index contributed by atoms with van der Waals surface area (Å²) in [5.74, 6) is 0.548. The first-order valence-corrected chi connectivity index (χ1v) is 3.79. The van der Waals surface area contributed by atoms with Crippen LogP contribution in [-0.4, -0.2) is 31.1 Å². The van der Waals surface area contributed by atoms with Crippen LogP contribution in [0.3, 0.4) is 0 Å². The highest BCUT2D eigenvalue weighted by Crippen LogP contribution is 1.87. The Hall–Kier alpha value is -0.150. The van der Waals surface area contributed by atoms with Crippen LogP contribution in [0, 0.1) is 0 Å². The molecule has 0 aromatic rings. The Kier molecular flexibility index (Phi) is 6.86. The molecule has 0 saturated heterocycles. The van der Waals surface area contributed by atoms with Crippen molar-refractivity contribution >= 4 is 29.4 Å². The molecule has 5 heteroatoms. The second-order valence-corrected chi connectivity index (χ2v) is 2.08. The zero-order valence-electron chi connectivity index (χ0n) is 5.31. The molecule has 0 aliphatic rings. The Bertz CT molecular complexity index is 86.9. The van der Waals surface area contributed by atoms with Gasteiger partial charge in [0.05, 0.1) is 11.8 Å². The van der Waals surface area contributed by atoms with Crippen LogP contribution in [0.2, 0.25) is 0 Å². The molecule has 0 heterocycles. The molecule has 0 aromatic heterocycles. The Morgan fingerprint density at radius 3 is 1.80 bits per heavy atom. The smallest absolute Gasteiger partial charge is 0.433 e. The fourth-order valence-electron chi connectivity index (χ4n) is 0.285. The van der Waals surface area contributed by atoms with Crippen LogP contribution in [0.5, 0.6) is 0 Å². The van der Waals surface area contributed by atoms with Crippen molar-refractivity contribution in [2.45, 2.75) is 0 Å². The van der Waals surface area contributed by atoms with E-state index in [0.29, 0.717) is 0 Å². The molecule has 0 rings (SSSR count). The van der Waals surface area contributed by atoms with E-state index in [-0.39, 0.29) is 25.0 Å². The molecular weight excluding hydrogens is 179 g/mol. The average molecular weight is 187 g/mol. The van der Waals surface area contributed by atoms with Gasteiger partial charge in [0.2, 0.25) is 0 Å². The van der Waals surface area contributed by atoms with Gasteiger partial charge < -0.3 is 9.47 Å². The molecular formula is C5H8Cl2O3. The highest BCUT2D eigenvalue weighted by atomic mass is 35.5. The summed E-state index contributed by atoms with van der Waals surface area (Å²) in [5.41, 5.74) is 0. The minimum absolute atomic E-state index is 0.169. The molecule has 0 unspecified atom stereocenters. The van der Waals surface area contributed by atoms with Crippen LogP contribution in [0.4, 0.5) is 4.79 Å². The Morgan fingerprint density at radius 2 is 1.50 bits per heavy atom. The van der Waals surface area contributed by atoms with Gasteiger partial charge in [-0.25, -0.2) is 4.79 Å². The van der Waals surface area contributed by atoms with Gasteiger partial charge in [-0.2, -0.15) is 0 Å². The van der Waals surface area contributed by atoms with Gasteiger partial charge >= 0.3 is 6.16 Å². The molecule has 0 saturated carbocycles. The van der Waals surface area contributed by atoms with E-state index in [0.717, 1.165) is 0 Å². The topological polar surface area (TPSA) is 35.5 Å². The van der Waals surface area contributed by atoms with Crippen LogP contribution in [0.25, 0.3) is 0 Å². The molecule has 0 bridgehead atoms. The van der Waals surface area contributed by atoms with Gasteiger partial charge in [-0.3, -0.25) is 0 Å². The summed E-state index contributed by atoms with van der Waals surface area (Å²) in [7, 11) is 0.